The predicted molar refractivity (Wildman–Crippen MR) is 97.0 cm³/mol. The Balaban J connectivity index is 1.60. The van der Waals surface area contributed by atoms with Crippen LogP contribution in [-0.4, -0.2) is 22.2 Å². The molecule has 0 radical (unpaired) electrons. The Labute approximate surface area is 155 Å². The van der Waals surface area contributed by atoms with E-state index >= 15 is 0 Å². The fourth-order valence-corrected chi connectivity index (χ4v) is 3.10. The molecule has 4 rings (SSSR count). The molecular weight excluding hydrogens is 350 g/mol. The monoisotopic (exact) mass is 368 g/mol. The molecule has 1 atom stereocenters. The zero-order chi connectivity index (χ0) is 19.0. The third-order valence-electron chi connectivity index (χ3n) is 4.60. The summed E-state index contributed by atoms with van der Waals surface area (Å²) in [5.41, 5.74) is 3.38. The highest BCUT2D eigenvalue weighted by Gasteiger charge is 2.27. The molecule has 138 valence electrons. The molecule has 7 heteroatoms. The average Bonchev–Trinajstić information content (AvgIpc) is 3.11. The minimum atomic E-state index is -0.494. The number of nitrogens with zero attached hydrogens (tertiary/aromatic N) is 2. The van der Waals surface area contributed by atoms with E-state index in [-0.39, 0.29) is 24.2 Å². The summed E-state index contributed by atoms with van der Waals surface area (Å²) in [4.78, 5) is 12.2. The molecular formula is C20H18F2N4O. The van der Waals surface area contributed by atoms with Gasteiger partial charge in [-0.15, -0.1) is 0 Å². The predicted octanol–water partition coefficient (Wildman–Crippen LogP) is 3.17. The van der Waals surface area contributed by atoms with Gasteiger partial charge in [-0.25, -0.2) is 13.5 Å². The maximum atomic E-state index is 13.8. The van der Waals surface area contributed by atoms with Crippen LogP contribution in [0.5, 0.6) is 0 Å². The van der Waals surface area contributed by atoms with Crippen LogP contribution in [0, 0.1) is 18.6 Å². The molecule has 0 bridgehead atoms. The Kier molecular flexibility index (Phi) is 4.45. The summed E-state index contributed by atoms with van der Waals surface area (Å²) in [6.07, 6.45) is -0.362. The lowest BCUT2D eigenvalue weighted by Crippen LogP contribution is -2.45. The Morgan fingerprint density at radius 1 is 1.19 bits per heavy atom. The quantitative estimate of drug-likeness (QED) is 0.744. The number of hydrogen-bond donors (Lipinski definition) is 2. The Hall–Kier alpha value is -3.06. The second-order valence-corrected chi connectivity index (χ2v) is 6.57. The van der Waals surface area contributed by atoms with Gasteiger partial charge < -0.3 is 5.32 Å². The highest BCUT2D eigenvalue weighted by atomic mass is 19.1. The van der Waals surface area contributed by atoms with Crippen molar-refractivity contribution in [1.29, 1.82) is 0 Å². The molecule has 1 amide bonds. The van der Waals surface area contributed by atoms with Gasteiger partial charge in [-0.3, -0.25) is 10.1 Å². The first-order chi connectivity index (χ1) is 13.0. The number of halogens is 2. The summed E-state index contributed by atoms with van der Waals surface area (Å²) < 4.78 is 28.8. The van der Waals surface area contributed by atoms with Crippen LogP contribution in [0.25, 0.3) is 11.3 Å². The molecule has 3 aromatic rings. The van der Waals surface area contributed by atoms with E-state index in [0.717, 1.165) is 29.3 Å². The molecule has 2 aromatic carbocycles. The number of amides is 1. The molecule has 2 heterocycles. The number of hydrogen-bond acceptors (Lipinski definition) is 3. The van der Waals surface area contributed by atoms with Crippen molar-refractivity contribution in [2.24, 2.45) is 0 Å². The minimum absolute atomic E-state index is 0.114. The van der Waals surface area contributed by atoms with Crippen molar-refractivity contribution in [3.05, 3.63) is 77.0 Å². The molecule has 0 fully saturated rings. The summed E-state index contributed by atoms with van der Waals surface area (Å²) in [6.45, 7) is 2.42. The van der Waals surface area contributed by atoms with Crippen molar-refractivity contribution in [3.8, 4) is 11.3 Å². The Morgan fingerprint density at radius 2 is 1.96 bits per heavy atom. The molecule has 0 unspecified atom stereocenters. The van der Waals surface area contributed by atoms with Crippen molar-refractivity contribution in [2.75, 3.05) is 6.54 Å². The third-order valence-corrected chi connectivity index (χ3v) is 4.60. The summed E-state index contributed by atoms with van der Waals surface area (Å²) in [6, 6.07) is 12.9. The molecule has 1 aromatic heterocycles. The maximum Gasteiger partial charge on any atom is 0.269 e. The highest BCUT2D eigenvalue weighted by Crippen LogP contribution is 2.23. The summed E-state index contributed by atoms with van der Waals surface area (Å²) in [5, 5.41) is 10.5. The van der Waals surface area contributed by atoms with Crippen LogP contribution >= 0.6 is 0 Å². The van der Waals surface area contributed by atoms with Gasteiger partial charge in [0.05, 0.1) is 12.2 Å². The normalized spacial score (nSPS) is 16.1. The van der Waals surface area contributed by atoms with E-state index in [1.165, 1.54) is 0 Å². The topological polar surface area (TPSA) is 59.0 Å². The van der Waals surface area contributed by atoms with E-state index in [2.05, 4.69) is 15.7 Å². The van der Waals surface area contributed by atoms with Gasteiger partial charge >= 0.3 is 0 Å². The van der Waals surface area contributed by atoms with Crippen molar-refractivity contribution < 1.29 is 13.6 Å². The zero-order valence-corrected chi connectivity index (χ0v) is 14.7. The largest absolute Gasteiger partial charge is 0.347 e. The number of carbonyl (C=O) groups excluding carboxylic acids is 1. The van der Waals surface area contributed by atoms with Crippen LogP contribution in [0.4, 0.5) is 8.78 Å². The van der Waals surface area contributed by atoms with Gasteiger partial charge in [0.1, 0.15) is 23.5 Å². The van der Waals surface area contributed by atoms with Crippen LogP contribution in [0.2, 0.25) is 0 Å². The second-order valence-electron chi connectivity index (χ2n) is 6.57. The molecule has 27 heavy (non-hydrogen) atoms. The lowest BCUT2D eigenvalue weighted by Gasteiger charge is -2.26. The Morgan fingerprint density at radius 3 is 2.74 bits per heavy atom. The van der Waals surface area contributed by atoms with Crippen LogP contribution < -0.4 is 10.6 Å². The highest BCUT2D eigenvalue weighted by molar-refractivity contribution is 5.94. The first-order valence-corrected chi connectivity index (χ1v) is 8.63. The molecule has 0 saturated carbocycles. The third kappa shape index (κ3) is 3.46. The van der Waals surface area contributed by atoms with Crippen molar-refractivity contribution in [1.82, 2.24) is 20.4 Å². The first-order valence-electron chi connectivity index (χ1n) is 8.63. The van der Waals surface area contributed by atoms with E-state index in [4.69, 9.17) is 0 Å². The number of aryl methyl sites for hydroxylation is 1. The van der Waals surface area contributed by atoms with E-state index in [1.807, 2.05) is 31.2 Å². The molecule has 0 spiro atoms. The fraction of sp³-hybridized carbons (Fsp3) is 0.200. The lowest BCUT2D eigenvalue weighted by atomic mass is 10.1. The molecule has 1 aliphatic heterocycles. The Bertz CT molecular complexity index is 998. The maximum absolute atomic E-state index is 13.8. The van der Waals surface area contributed by atoms with E-state index in [1.54, 1.807) is 10.7 Å². The smallest absolute Gasteiger partial charge is 0.269 e. The summed E-state index contributed by atoms with van der Waals surface area (Å²) >= 11 is 0. The van der Waals surface area contributed by atoms with Gasteiger partial charge in [0.15, 0.2) is 0 Å². The van der Waals surface area contributed by atoms with Gasteiger partial charge in [0.25, 0.3) is 5.91 Å². The van der Waals surface area contributed by atoms with E-state index < -0.39 is 11.6 Å². The van der Waals surface area contributed by atoms with Crippen molar-refractivity contribution in [2.45, 2.75) is 19.6 Å². The number of fused-ring (bicyclic) bond motifs is 1. The second kappa shape index (κ2) is 6.92. The lowest BCUT2D eigenvalue weighted by molar-refractivity contribution is 0.0900. The molecule has 5 nitrogen and oxygen atoms in total. The summed E-state index contributed by atoms with van der Waals surface area (Å²) in [5.74, 6) is -1.19. The zero-order valence-electron chi connectivity index (χ0n) is 14.7. The molecule has 1 aliphatic rings. The number of benzene rings is 2. The van der Waals surface area contributed by atoms with E-state index in [9.17, 15) is 13.6 Å². The SMILES string of the molecule is Cc1ccc(-c2cc3n(n2)[C@@H](NCc2cc(F)ccc2F)CNC3=O)cc1. The van der Waals surface area contributed by atoms with Crippen molar-refractivity contribution in [3.63, 3.8) is 0 Å². The minimum Gasteiger partial charge on any atom is -0.347 e. The van der Waals surface area contributed by atoms with Gasteiger partial charge in [-0.1, -0.05) is 29.8 Å². The number of rotatable bonds is 4. The van der Waals surface area contributed by atoms with Gasteiger partial charge in [-0.05, 0) is 31.2 Å². The van der Waals surface area contributed by atoms with Gasteiger partial charge in [-0.2, -0.15) is 5.10 Å². The molecule has 2 N–H and O–H groups in total. The van der Waals surface area contributed by atoms with Crippen molar-refractivity contribution >= 4 is 5.91 Å². The van der Waals surface area contributed by atoms with Crippen LogP contribution in [-0.2, 0) is 6.54 Å². The van der Waals surface area contributed by atoms with Crippen LogP contribution in [0.1, 0.15) is 27.8 Å². The van der Waals surface area contributed by atoms with Gasteiger partial charge in [0, 0.05) is 17.7 Å². The van der Waals surface area contributed by atoms with E-state index in [0.29, 0.717) is 17.9 Å². The molecule has 0 aliphatic carbocycles. The standard InChI is InChI=1S/C20H18F2N4O/c1-12-2-4-13(5-3-12)17-9-18-20(27)24-11-19(26(18)25-17)23-10-14-8-15(21)6-7-16(14)22/h2-9,19,23H,10-11H2,1H3,(H,24,27)/t19-/m1/s1. The number of nitrogens with one attached hydrogen (secondary N) is 2. The van der Waals surface area contributed by atoms with Crippen LogP contribution in [0.15, 0.2) is 48.5 Å². The number of aromatic nitrogens is 2. The molecule has 0 saturated heterocycles. The number of carbonyl (C=O) groups is 1. The van der Waals surface area contributed by atoms with Crippen LogP contribution in [0.3, 0.4) is 0 Å². The van der Waals surface area contributed by atoms with Gasteiger partial charge in [0.2, 0.25) is 0 Å². The summed E-state index contributed by atoms with van der Waals surface area (Å²) in [7, 11) is 0. The fourth-order valence-electron chi connectivity index (χ4n) is 3.10. The first kappa shape index (κ1) is 17.4. The average molecular weight is 368 g/mol.